The van der Waals surface area contributed by atoms with E-state index in [0.29, 0.717) is 12.8 Å². The average molecular weight is 513 g/mol. The van der Waals surface area contributed by atoms with Crippen molar-refractivity contribution in [2.45, 2.75) is 96.6 Å². The Hall–Kier alpha value is -2.19. The Morgan fingerprint density at radius 3 is 2.14 bits per heavy atom. The maximum atomic E-state index is 12.2. The van der Waals surface area contributed by atoms with Gasteiger partial charge in [0.1, 0.15) is 6.61 Å². The molecule has 0 rings (SSSR count). The van der Waals surface area contributed by atoms with Gasteiger partial charge in [-0.2, -0.15) is 0 Å². The van der Waals surface area contributed by atoms with E-state index in [1.165, 1.54) is 13.3 Å². The summed E-state index contributed by atoms with van der Waals surface area (Å²) in [4.78, 5) is 34.9. The number of nitrogens with zero attached hydrogens (tertiary/aromatic N) is 1. The second-order valence-corrected chi connectivity index (χ2v) is 10.0. The van der Waals surface area contributed by atoms with Crippen molar-refractivity contribution in [2.24, 2.45) is 0 Å². The fourth-order valence-electron chi connectivity index (χ4n) is 3.56. The van der Waals surface area contributed by atoms with Crippen molar-refractivity contribution in [1.29, 1.82) is 0 Å². The van der Waals surface area contributed by atoms with Gasteiger partial charge >= 0.3 is 17.9 Å². The molecule has 0 aliphatic carbocycles. The van der Waals surface area contributed by atoms with Crippen LogP contribution < -0.4 is 0 Å². The van der Waals surface area contributed by atoms with Crippen molar-refractivity contribution in [2.75, 3.05) is 41.0 Å². The highest BCUT2D eigenvalue weighted by Crippen LogP contribution is 2.11. The van der Waals surface area contributed by atoms with Gasteiger partial charge in [-0.15, -0.1) is 0 Å². The number of carbonyl (C=O) groups excluding carboxylic acids is 2. The van der Waals surface area contributed by atoms with Crippen LogP contribution in [-0.4, -0.2) is 80.6 Å². The summed E-state index contributed by atoms with van der Waals surface area (Å²) < 4.78 is 16.3. The number of unbranched alkanes of at least 4 members (excludes halogenated alkanes) is 6. The molecule has 0 saturated heterocycles. The van der Waals surface area contributed by atoms with E-state index in [2.05, 4.69) is 31.2 Å². The van der Waals surface area contributed by atoms with Crippen LogP contribution in [0.15, 0.2) is 24.3 Å². The fraction of sp³-hybridized carbons (Fsp3) is 0.750. The molecule has 0 aromatic heterocycles. The molecule has 0 amide bonds. The summed E-state index contributed by atoms with van der Waals surface area (Å²) >= 11 is 0. The molecule has 2 unspecified atom stereocenters. The molecule has 36 heavy (non-hydrogen) atoms. The van der Waals surface area contributed by atoms with Gasteiger partial charge < -0.3 is 23.8 Å². The molecule has 208 valence electrons. The van der Waals surface area contributed by atoms with Gasteiger partial charge in [-0.3, -0.25) is 9.59 Å². The van der Waals surface area contributed by atoms with Gasteiger partial charge in [-0.05, 0) is 32.1 Å². The van der Waals surface area contributed by atoms with Crippen LogP contribution >= 0.6 is 0 Å². The molecule has 0 radical (unpaired) electrons. The van der Waals surface area contributed by atoms with Gasteiger partial charge in [-0.25, -0.2) is 4.79 Å². The van der Waals surface area contributed by atoms with Crippen molar-refractivity contribution in [3.63, 3.8) is 0 Å². The minimum absolute atomic E-state index is 0.0460. The summed E-state index contributed by atoms with van der Waals surface area (Å²) in [6.45, 7) is 3.63. The average Bonchev–Trinajstić information content (AvgIpc) is 2.78. The van der Waals surface area contributed by atoms with Crippen molar-refractivity contribution in [3.05, 3.63) is 24.3 Å². The SMILES string of the molecule is CCC/C=C\C/C=C\CCCCCCCC(=O)OC(COCCC(C(=O)O)[N+](C)(C)C)COC(C)=O. The van der Waals surface area contributed by atoms with Gasteiger partial charge in [0.25, 0.3) is 0 Å². The van der Waals surface area contributed by atoms with Crippen LogP contribution in [0.25, 0.3) is 0 Å². The summed E-state index contributed by atoms with van der Waals surface area (Å²) in [6.07, 6.45) is 18.3. The maximum absolute atomic E-state index is 12.2. The zero-order valence-corrected chi connectivity index (χ0v) is 23.2. The van der Waals surface area contributed by atoms with Crippen molar-refractivity contribution >= 4 is 17.9 Å². The van der Waals surface area contributed by atoms with Crippen LogP contribution in [0.1, 0.15) is 84.5 Å². The molecule has 0 aliphatic rings. The first-order chi connectivity index (χ1) is 17.1. The smallest absolute Gasteiger partial charge is 0.362 e. The third-order valence-electron chi connectivity index (χ3n) is 5.64. The number of carboxylic acid groups (broad SMARTS) is 1. The first-order valence-corrected chi connectivity index (χ1v) is 13.3. The van der Waals surface area contributed by atoms with E-state index in [1.54, 1.807) is 0 Å². The summed E-state index contributed by atoms with van der Waals surface area (Å²) in [5, 5.41) is 9.40. The second-order valence-electron chi connectivity index (χ2n) is 10.0. The molecule has 2 atom stereocenters. The van der Waals surface area contributed by atoms with Crippen LogP contribution in [0.5, 0.6) is 0 Å². The number of carbonyl (C=O) groups is 3. The number of rotatable bonds is 22. The fourth-order valence-corrected chi connectivity index (χ4v) is 3.56. The van der Waals surface area contributed by atoms with Crippen molar-refractivity contribution in [3.8, 4) is 0 Å². The van der Waals surface area contributed by atoms with Gasteiger partial charge in [0.2, 0.25) is 0 Å². The van der Waals surface area contributed by atoms with Crippen molar-refractivity contribution < 1.29 is 38.2 Å². The highest BCUT2D eigenvalue weighted by atomic mass is 16.6. The molecule has 8 heteroatoms. The molecule has 0 spiro atoms. The number of carboxylic acids is 1. The lowest BCUT2D eigenvalue weighted by Crippen LogP contribution is -2.50. The molecular weight excluding hydrogens is 462 g/mol. The van der Waals surface area contributed by atoms with E-state index in [1.807, 2.05) is 21.1 Å². The van der Waals surface area contributed by atoms with Gasteiger partial charge in [0, 0.05) is 19.8 Å². The van der Waals surface area contributed by atoms with E-state index in [9.17, 15) is 19.5 Å². The molecule has 0 bridgehead atoms. The zero-order chi connectivity index (χ0) is 27.2. The molecule has 1 N–H and O–H groups in total. The largest absolute Gasteiger partial charge is 0.477 e. The number of allylic oxidation sites excluding steroid dienone is 4. The van der Waals surface area contributed by atoms with E-state index in [0.717, 1.165) is 51.4 Å². The van der Waals surface area contributed by atoms with Gasteiger partial charge in [0.15, 0.2) is 12.1 Å². The normalized spacial score (nSPS) is 13.7. The molecule has 0 aromatic rings. The number of hydrogen-bond donors (Lipinski definition) is 1. The minimum Gasteiger partial charge on any atom is -0.477 e. The third-order valence-corrected chi connectivity index (χ3v) is 5.64. The third kappa shape index (κ3) is 20.0. The lowest BCUT2D eigenvalue weighted by atomic mass is 10.1. The van der Waals surface area contributed by atoms with Gasteiger partial charge in [-0.1, -0.05) is 56.9 Å². The summed E-state index contributed by atoms with van der Waals surface area (Å²) in [6, 6.07) is -0.608. The second kappa shape index (κ2) is 20.9. The predicted molar refractivity (Wildman–Crippen MR) is 142 cm³/mol. The lowest BCUT2D eigenvalue weighted by molar-refractivity contribution is -0.887. The predicted octanol–water partition coefficient (Wildman–Crippen LogP) is 5.06. The van der Waals surface area contributed by atoms with Crippen LogP contribution in [0.3, 0.4) is 0 Å². The van der Waals surface area contributed by atoms with E-state index < -0.39 is 24.1 Å². The zero-order valence-electron chi connectivity index (χ0n) is 23.2. The number of esters is 2. The summed E-state index contributed by atoms with van der Waals surface area (Å²) in [5.41, 5.74) is 0. The Morgan fingerprint density at radius 1 is 0.889 bits per heavy atom. The van der Waals surface area contributed by atoms with Gasteiger partial charge in [0.05, 0.1) is 34.4 Å². The highest BCUT2D eigenvalue weighted by molar-refractivity contribution is 5.72. The standard InChI is InChI=1S/C28H49NO7/c1-6-7-8-9-10-11-12-13-14-15-16-17-18-19-27(31)36-25(23-35-24(2)30)22-34-21-20-26(28(32)33)29(3,4)5/h8-9,11-12,25-26H,6-7,10,13-23H2,1-5H3/p+1/b9-8-,12-11-. The monoisotopic (exact) mass is 512 g/mol. The first-order valence-electron chi connectivity index (χ1n) is 13.3. The molecule has 0 heterocycles. The number of quaternary nitrogens is 1. The van der Waals surface area contributed by atoms with E-state index >= 15 is 0 Å². The lowest BCUT2D eigenvalue weighted by Gasteiger charge is -2.31. The maximum Gasteiger partial charge on any atom is 0.362 e. The van der Waals surface area contributed by atoms with Crippen LogP contribution in [0, 0.1) is 0 Å². The Bertz CT molecular complexity index is 667. The highest BCUT2D eigenvalue weighted by Gasteiger charge is 2.31. The van der Waals surface area contributed by atoms with Crippen LogP contribution in [0.4, 0.5) is 0 Å². The van der Waals surface area contributed by atoms with Crippen LogP contribution in [-0.2, 0) is 28.6 Å². The Kier molecular flexibility index (Phi) is 19.7. The molecule has 8 nitrogen and oxygen atoms in total. The topological polar surface area (TPSA) is 99.1 Å². The minimum atomic E-state index is -0.888. The number of aliphatic carboxylic acids is 1. The molecule has 0 aliphatic heterocycles. The summed E-state index contributed by atoms with van der Waals surface area (Å²) in [7, 11) is 5.44. The summed E-state index contributed by atoms with van der Waals surface area (Å²) in [5.74, 6) is -1.69. The van der Waals surface area contributed by atoms with Crippen molar-refractivity contribution in [1.82, 2.24) is 0 Å². The number of ether oxygens (including phenoxy) is 3. The molecular formula is C28H50NO7+. The quantitative estimate of drug-likeness (QED) is 0.0937. The van der Waals surface area contributed by atoms with E-state index in [4.69, 9.17) is 14.2 Å². The Balaban J connectivity index is 4.14. The number of hydrogen-bond acceptors (Lipinski definition) is 6. The molecule has 0 fully saturated rings. The van der Waals surface area contributed by atoms with E-state index in [-0.39, 0.29) is 30.3 Å². The molecule has 0 saturated carbocycles. The number of likely N-dealkylation sites (N-methyl/N-ethyl adjacent to an activating group) is 1. The molecule has 0 aromatic carbocycles. The Labute approximate surface area is 218 Å². The Morgan fingerprint density at radius 2 is 1.53 bits per heavy atom. The first kappa shape index (κ1) is 33.8. The van der Waals surface area contributed by atoms with Crippen LogP contribution in [0.2, 0.25) is 0 Å².